The van der Waals surface area contributed by atoms with Crippen molar-refractivity contribution in [2.45, 2.75) is 38.5 Å². The minimum absolute atomic E-state index is 0. The molecule has 2 aromatic carbocycles. The Balaban J connectivity index is 0.00000341. The lowest BCUT2D eigenvalue weighted by Crippen LogP contribution is -2.41. The van der Waals surface area contributed by atoms with Gasteiger partial charge < -0.3 is 20.6 Å². The van der Waals surface area contributed by atoms with Crippen LogP contribution in [0.3, 0.4) is 0 Å². The molecule has 31 heavy (non-hydrogen) atoms. The van der Waals surface area contributed by atoms with Crippen molar-refractivity contribution >= 4 is 29.1 Å². The number of amides is 1. The highest BCUT2D eigenvalue weighted by Crippen LogP contribution is 2.21. The van der Waals surface area contributed by atoms with Crippen molar-refractivity contribution in [1.29, 1.82) is 0 Å². The molecular weight excluding hydrogens is 410 g/mol. The largest absolute Gasteiger partial charge is 0.396 e. The van der Waals surface area contributed by atoms with Crippen molar-refractivity contribution in [3.8, 4) is 0 Å². The summed E-state index contributed by atoms with van der Waals surface area (Å²) in [5.74, 6) is 0.931. The molecule has 1 aliphatic rings. The third-order valence-corrected chi connectivity index (χ3v) is 6.09. The van der Waals surface area contributed by atoms with Crippen molar-refractivity contribution in [2.24, 2.45) is 5.92 Å². The minimum atomic E-state index is 0. The van der Waals surface area contributed by atoms with E-state index in [1.165, 1.54) is 23.6 Å². The molecule has 1 fully saturated rings. The molecule has 0 bridgehead atoms. The van der Waals surface area contributed by atoms with Crippen LogP contribution in [0.15, 0.2) is 42.5 Å². The number of carbonyl (C=O) groups is 1. The zero-order valence-electron chi connectivity index (χ0n) is 18.5. The molecule has 1 saturated heterocycles. The summed E-state index contributed by atoms with van der Waals surface area (Å²) in [5, 5.41) is 18.1. The molecule has 5 nitrogen and oxygen atoms in total. The fourth-order valence-electron chi connectivity index (χ4n) is 4.24. The number of hydrogen-bond donors (Lipinski definition) is 3. The zero-order chi connectivity index (χ0) is 21.0. The summed E-state index contributed by atoms with van der Waals surface area (Å²) in [6, 6.07) is 14.5. The number of nitrogens with one attached hydrogen (secondary N) is 2. The Morgan fingerprint density at radius 1 is 0.935 bits per heavy atom. The molecule has 6 heteroatoms. The number of benzene rings is 2. The van der Waals surface area contributed by atoms with Crippen LogP contribution in [0, 0.1) is 5.92 Å². The zero-order valence-corrected chi connectivity index (χ0v) is 19.3. The molecule has 172 valence electrons. The lowest BCUT2D eigenvalue weighted by Gasteiger charge is -2.32. The van der Waals surface area contributed by atoms with Crippen molar-refractivity contribution < 1.29 is 9.90 Å². The summed E-state index contributed by atoms with van der Waals surface area (Å²) in [6.07, 6.45) is 5.86. The van der Waals surface area contributed by atoms with E-state index in [1.54, 1.807) is 0 Å². The molecule has 3 N–H and O–H groups in total. The number of carbonyl (C=O) groups excluding carboxylic acids is 1. The van der Waals surface area contributed by atoms with E-state index in [0.717, 1.165) is 64.1 Å². The van der Waals surface area contributed by atoms with Gasteiger partial charge in [-0.25, -0.2) is 0 Å². The number of nitrogens with zero attached hydrogens (tertiary/aromatic N) is 1. The van der Waals surface area contributed by atoms with Crippen LogP contribution >= 0.6 is 12.4 Å². The number of hydrogen-bond acceptors (Lipinski definition) is 4. The number of unbranched alkanes of at least 4 members (excludes halogenated alkanes) is 1. The Bertz CT molecular complexity index is 773. The van der Waals surface area contributed by atoms with Crippen LogP contribution < -0.4 is 10.6 Å². The monoisotopic (exact) mass is 447 g/mol. The average Bonchev–Trinajstić information content (AvgIpc) is 2.78. The third-order valence-electron chi connectivity index (χ3n) is 6.09. The van der Waals surface area contributed by atoms with Gasteiger partial charge >= 0.3 is 0 Å². The summed E-state index contributed by atoms with van der Waals surface area (Å²) in [4.78, 5) is 14.9. The van der Waals surface area contributed by atoms with Crippen LogP contribution in [-0.2, 0) is 11.2 Å². The first kappa shape index (κ1) is 25.6. The highest BCUT2D eigenvalue weighted by Gasteiger charge is 2.22. The Hall–Kier alpha value is -1.66. The van der Waals surface area contributed by atoms with Gasteiger partial charge in [-0.15, -0.1) is 12.4 Å². The second kappa shape index (κ2) is 14.4. The number of halogens is 1. The standard InChI is InChI=1S/C25H37N3O2.ClH/c29-18-6-15-26-13-3-4-14-27-20-21-11-16-28(17-12-21)25(30)19-23-9-5-8-22-7-1-2-10-24(22)23;/h1-2,5,7-10,21,26-27,29H,3-4,6,11-20H2;1H. The SMILES string of the molecule is Cl.O=C(Cc1cccc2ccccc12)N1CCC(CNCCCCNCCCO)CC1. The van der Waals surface area contributed by atoms with E-state index < -0.39 is 0 Å². The van der Waals surface area contributed by atoms with Crippen molar-refractivity contribution in [3.63, 3.8) is 0 Å². The van der Waals surface area contributed by atoms with Gasteiger partial charge in [-0.05, 0) is 80.5 Å². The van der Waals surface area contributed by atoms with Crippen molar-refractivity contribution in [2.75, 3.05) is 45.9 Å². The molecule has 0 atom stereocenters. The summed E-state index contributed by atoms with van der Waals surface area (Å²) >= 11 is 0. The lowest BCUT2D eigenvalue weighted by molar-refractivity contribution is -0.131. The predicted molar refractivity (Wildman–Crippen MR) is 131 cm³/mol. The van der Waals surface area contributed by atoms with Crippen molar-refractivity contribution in [1.82, 2.24) is 15.5 Å². The summed E-state index contributed by atoms with van der Waals surface area (Å²) in [6.45, 7) is 6.07. The highest BCUT2D eigenvalue weighted by molar-refractivity contribution is 5.90. The Morgan fingerprint density at radius 3 is 2.39 bits per heavy atom. The maximum atomic E-state index is 12.8. The number of aliphatic hydroxyl groups excluding tert-OH is 1. The van der Waals surface area contributed by atoms with E-state index in [1.807, 2.05) is 18.2 Å². The fraction of sp³-hybridized carbons (Fsp3) is 0.560. The van der Waals surface area contributed by atoms with Gasteiger partial charge in [0.2, 0.25) is 5.91 Å². The molecule has 0 unspecified atom stereocenters. The van der Waals surface area contributed by atoms with Gasteiger partial charge in [-0.3, -0.25) is 4.79 Å². The van der Waals surface area contributed by atoms with E-state index in [-0.39, 0.29) is 24.9 Å². The number of aliphatic hydroxyl groups is 1. The Labute approximate surface area is 193 Å². The molecule has 1 heterocycles. The normalized spacial score (nSPS) is 14.5. The van der Waals surface area contributed by atoms with E-state index >= 15 is 0 Å². The number of fused-ring (bicyclic) bond motifs is 1. The molecular formula is C25H38ClN3O2. The number of likely N-dealkylation sites (tertiary alicyclic amines) is 1. The first-order valence-corrected chi connectivity index (χ1v) is 11.5. The first-order valence-electron chi connectivity index (χ1n) is 11.5. The predicted octanol–water partition coefficient (Wildman–Crippen LogP) is 3.38. The third kappa shape index (κ3) is 8.41. The smallest absolute Gasteiger partial charge is 0.227 e. The van der Waals surface area contributed by atoms with Gasteiger partial charge in [0.05, 0.1) is 6.42 Å². The quantitative estimate of drug-likeness (QED) is 0.436. The van der Waals surface area contributed by atoms with Gasteiger partial charge in [0.25, 0.3) is 0 Å². The minimum Gasteiger partial charge on any atom is -0.396 e. The van der Waals surface area contributed by atoms with E-state index in [2.05, 4.69) is 39.8 Å². The van der Waals surface area contributed by atoms with Crippen LogP contribution in [-0.4, -0.2) is 61.8 Å². The molecule has 0 spiro atoms. The molecule has 2 aromatic rings. The average molecular weight is 448 g/mol. The summed E-state index contributed by atoms with van der Waals surface area (Å²) in [5.41, 5.74) is 1.13. The number of piperidine rings is 1. The molecule has 0 saturated carbocycles. The summed E-state index contributed by atoms with van der Waals surface area (Å²) in [7, 11) is 0. The molecule has 1 aliphatic heterocycles. The first-order chi connectivity index (χ1) is 14.8. The van der Waals surface area contributed by atoms with Crippen LogP contribution in [0.4, 0.5) is 0 Å². The van der Waals surface area contributed by atoms with Gasteiger partial charge in [-0.1, -0.05) is 42.5 Å². The second-order valence-corrected chi connectivity index (χ2v) is 8.38. The van der Waals surface area contributed by atoms with E-state index in [4.69, 9.17) is 5.11 Å². The number of rotatable bonds is 12. The Morgan fingerprint density at radius 2 is 1.61 bits per heavy atom. The maximum Gasteiger partial charge on any atom is 0.227 e. The van der Waals surface area contributed by atoms with Crippen LogP contribution in [0.5, 0.6) is 0 Å². The Kier molecular flexibility index (Phi) is 11.9. The van der Waals surface area contributed by atoms with E-state index in [9.17, 15) is 4.79 Å². The molecule has 0 radical (unpaired) electrons. The molecule has 0 aliphatic carbocycles. The lowest BCUT2D eigenvalue weighted by atomic mass is 9.95. The van der Waals surface area contributed by atoms with Gasteiger partial charge in [-0.2, -0.15) is 0 Å². The highest BCUT2D eigenvalue weighted by atomic mass is 35.5. The molecule has 3 rings (SSSR count). The fourth-order valence-corrected chi connectivity index (χ4v) is 4.24. The maximum absolute atomic E-state index is 12.8. The van der Waals surface area contributed by atoms with Crippen LogP contribution in [0.1, 0.15) is 37.7 Å². The van der Waals surface area contributed by atoms with Gasteiger partial charge in [0.1, 0.15) is 0 Å². The van der Waals surface area contributed by atoms with Gasteiger partial charge in [0, 0.05) is 19.7 Å². The van der Waals surface area contributed by atoms with Gasteiger partial charge in [0.15, 0.2) is 0 Å². The second-order valence-electron chi connectivity index (χ2n) is 8.38. The molecule has 1 amide bonds. The van der Waals surface area contributed by atoms with E-state index in [0.29, 0.717) is 12.3 Å². The van der Waals surface area contributed by atoms with Crippen LogP contribution in [0.2, 0.25) is 0 Å². The molecule has 0 aromatic heterocycles. The van der Waals surface area contributed by atoms with Crippen molar-refractivity contribution in [3.05, 3.63) is 48.0 Å². The summed E-state index contributed by atoms with van der Waals surface area (Å²) < 4.78 is 0. The van der Waals surface area contributed by atoms with Crippen LogP contribution in [0.25, 0.3) is 10.8 Å². The topological polar surface area (TPSA) is 64.6 Å².